The maximum Gasteiger partial charge on any atom is 0.145 e. The normalized spacial score (nSPS) is 13.1. The van der Waals surface area contributed by atoms with Gasteiger partial charge in [0.2, 0.25) is 0 Å². The summed E-state index contributed by atoms with van der Waals surface area (Å²) in [4.78, 5) is 0. The number of hydrogen-bond donors (Lipinski definition) is 1. The molecule has 0 aromatic heterocycles. The van der Waals surface area contributed by atoms with Crippen molar-refractivity contribution in [3.63, 3.8) is 0 Å². The van der Waals surface area contributed by atoms with Crippen molar-refractivity contribution in [3.05, 3.63) is 34.4 Å². The lowest BCUT2D eigenvalue weighted by Crippen LogP contribution is -2.06. The molecule has 0 aliphatic heterocycles. The fraction of sp³-hybridized carbons (Fsp3) is 0.250. The summed E-state index contributed by atoms with van der Waals surface area (Å²) in [6.45, 7) is 1.64. The number of benzene rings is 1. The van der Waals surface area contributed by atoms with Crippen molar-refractivity contribution in [3.8, 4) is 0 Å². The summed E-state index contributed by atoms with van der Waals surface area (Å²) in [5.74, 6) is -1.55. The Hall–Kier alpha value is -0.670. The second-order valence-electron chi connectivity index (χ2n) is 2.59. The molecule has 0 fully saturated rings. The molecule has 0 spiro atoms. The minimum atomic E-state index is -0.774. The van der Waals surface area contributed by atoms with E-state index in [4.69, 9.17) is 17.3 Å². The lowest BCUT2D eigenvalue weighted by molar-refractivity contribution is 0.577. The topological polar surface area (TPSA) is 26.0 Å². The zero-order chi connectivity index (χ0) is 9.30. The molecule has 0 amide bonds. The Labute approximate surface area is 74.1 Å². The maximum absolute atomic E-state index is 12.8. The second kappa shape index (κ2) is 3.37. The van der Waals surface area contributed by atoms with E-state index in [1.165, 1.54) is 0 Å². The van der Waals surface area contributed by atoms with Crippen LogP contribution in [0.3, 0.4) is 0 Å². The molecule has 1 aromatic carbocycles. The zero-order valence-electron chi connectivity index (χ0n) is 6.44. The summed E-state index contributed by atoms with van der Waals surface area (Å²) in [7, 11) is 0. The summed E-state index contributed by atoms with van der Waals surface area (Å²) in [5, 5.41) is -0.487. The Morgan fingerprint density at radius 2 is 1.75 bits per heavy atom. The molecule has 0 saturated carbocycles. The van der Waals surface area contributed by atoms with Gasteiger partial charge < -0.3 is 5.73 Å². The third-order valence-electron chi connectivity index (χ3n) is 1.53. The van der Waals surface area contributed by atoms with Crippen molar-refractivity contribution in [2.45, 2.75) is 13.0 Å². The Kier molecular flexibility index (Phi) is 2.65. The van der Waals surface area contributed by atoms with Crippen molar-refractivity contribution in [2.75, 3.05) is 0 Å². The summed E-state index contributed by atoms with van der Waals surface area (Å²) < 4.78 is 25.5. The van der Waals surface area contributed by atoms with Gasteiger partial charge in [0.25, 0.3) is 0 Å². The molecule has 0 heterocycles. The summed E-state index contributed by atoms with van der Waals surface area (Å²) in [6.07, 6.45) is 0. The molecule has 2 N–H and O–H groups in total. The quantitative estimate of drug-likeness (QED) is 0.679. The molecule has 1 unspecified atom stereocenters. The van der Waals surface area contributed by atoms with Gasteiger partial charge in [-0.05, 0) is 24.6 Å². The van der Waals surface area contributed by atoms with Gasteiger partial charge >= 0.3 is 0 Å². The van der Waals surface area contributed by atoms with Crippen LogP contribution in [-0.4, -0.2) is 0 Å². The molecule has 1 nitrogen and oxygen atoms in total. The van der Waals surface area contributed by atoms with Crippen LogP contribution in [-0.2, 0) is 0 Å². The van der Waals surface area contributed by atoms with Crippen molar-refractivity contribution in [1.29, 1.82) is 0 Å². The third-order valence-corrected chi connectivity index (χ3v) is 1.89. The summed E-state index contributed by atoms with van der Waals surface area (Å²) in [6, 6.07) is 1.87. The van der Waals surface area contributed by atoms with Crippen molar-refractivity contribution < 1.29 is 8.78 Å². The minimum absolute atomic E-state index is 0.397. The number of halogens is 3. The van der Waals surface area contributed by atoms with E-state index in [-0.39, 0.29) is 0 Å². The molecule has 4 heteroatoms. The van der Waals surface area contributed by atoms with E-state index in [2.05, 4.69) is 0 Å². The highest BCUT2D eigenvalue weighted by Crippen LogP contribution is 2.22. The number of nitrogens with two attached hydrogens (primary N) is 1. The number of rotatable bonds is 1. The van der Waals surface area contributed by atoms with Crippen LogP contribution < -0.4 is 5.73 Å². The van der Waals surface area contributed by atoms with Gasteiger partial charge in [0.05, 0.1) is 0 Å². The molecule has 1 aromatic rings. The minimum Gasteiger partial charge on any atom is -0.324 e. The molecule has 1 atom stereocenters. The highest BCUT2D eigenvalue weighted by atomic mass is 35.5. The maximum atomic E-state index is 12.8. The van der Waals surface area contributed by atoms with Crippen LogP contribution in [0, 0.1) is 11.6 Å². The standard InChI is InChI=1S/C8H8ClF2N/c1-4(12)5-2-6(10)8(9)7(11)3-5/h2-4H,12H2,1H3. The van der Waals surface area contributed by atoms with Crippen molar-refractivity contribution >= 4 is 11.6 Å². The van der Waals surface area contributed by atoms with E-state index in [1.807, 2.05) is 0 Å². The Balaban J connectivity index is 3.21. The van der Waals surface area contributed by atoms with Gasteiger partial charge in [-0.15, -0.1) is 0 Å². The van der Waals surface area contributed by atoms with Crippen LogP contribution in [0.4, 0.5) is 8.78 Å². The van der Waals surface area contributed by atoms with E-state index >= 15 is 0 Å². The fourth-order valence-corrected chi connectivity index (χ4v) is 0.947. The van der Waals surface area contributed by atoms with Crippen LogP contribution in [0.25, 0.3) is 0 Å². The Morgan fingerprint density at radius 1 is 1.33 bits per heavy atom. The molecule has 0 radical (unpaired) electrons. The third kappa shape index (κ3) is 1.73. The van der Waals surface area contributed by atoms with Gasteiger partial charge in [0, 0.05) is 6.04 Å². The van der Waals surface area contributed by atoms with E-state index in [0.717, 1.165) is 12.1 Å². The van der Waals surface area contributed by atoms with Crippen LogP contribution in [0.1, 0.15) is 18.5 Å². The van der Waals surface area contributed by atoms with Crippen LogP contribution >= 0.6 is 11.6 Å². The molecule has 0 aliphatic rings. The van der Waals surface area contributed by atoms with Crippen molar-refractivity contribution in [2.24, 2.45) is 5.73 Å². The average Bonchev–Trinajstić information content (AvgIpc) is 1.99. The van der Waals surface area contributed by atoms with Crippen LogP contribution in [0.2, 0.25) is 5.02 Å². The molecular weight excluding hydrogens is 184 g/mol. The Bertz CT molecular complexity index is 276. The summed E-state index contributed by atoms with van der Waals surface area (Å²) in [5.41, 5.74) is 5.82. The first-order valence-corrected chi connectivity index (χ1v) is 3.80. The predicted molar refractivity (Wildman–Crippen MR) is 44.0 cm³/mol. The lowest BCUT2D eigenvalue weighted by atomic mass is 10.1. The van der Waals surface area contributed by atoms with E-state index in [0.29, 0.717) is 5.56 Å². The molecule has 1 rings (SSSR count). The van der Waals surface area contributed by atoms with Gasteiger partial charge in [-0.1, -0.05) is 11.6 Å². The molecule has 0 saturated heterocycles. The lowest BCUT2D eigenvalue weighted by Gasteiger charge is -2.06. The SMILES string of the molecule is CC(N)c1cc(F)c(Cl)c(F)c1. The number of hydrogen-bond acceptors (Lipinski definition) is 1. The van der Waals surface area contributed by atoms with E-state index < -0.39 is 22.7 Å². The zero-order valence-corrected chi connectivity index (χ0v) is 7.20. The van der Waals surface area contributed by atoms with Gasteiger partial charge in [-0.3, -0.25) is 0 Å². The molecule has 0 aliphatic carbocycles. The summed E-state index contributed by atoms with van der Waals surface area (Å²) >= 11 is 5.26. The second-order valence-corrected chi connectivity index (χ2v) is 2.97. The fourth-order valence-electron chi connectivity index (χ4n) is 0.838. The van der Waals surface area contributed by atoms with Gasteiger partial charge in [0.1, 0.15) is 16.7 Å². The molecule has 12 heavy (non-hydrogen) atoms. The predicted octanol–water partition coefficient (Wildman–Crippen LogP) is 2.64. The van der Waals surface area contributed by atoms with Crippen LogP contribution in [0.5, 0.6) is 0 Å². The molecular formula is C8H8ClF2N. The monoisotopic (exact) mass is 191 g/mol. The highest BCUT2D eigenvalue weighted by molar-refractivity contribution is 6.30. The smallest absolute Gasteiger partial charge is 0.145 e. The van der Waals surface area contributed by atoms with Crippen molar-refractivity contribution in [1.82, 2.24) is 0 Å². The molecule has 0 bridgehead atoms. The molecule has 66 valence electrons. The van der Waals surface area contributed by atoms with E-state index in [1.54, 1.807) is 6.92 Å². The largest absolute Gasteiger partial charge is 0.324 e. The van der Waals surface area contributed by atoms with E-state index in [9.17, 15) is 8.78 Å². The Morgan fingerprint density at radius 3 is 2.08 bits per heavy atom. The van der Waals surface area contributed by atoms with Gasteiger partial charge in [-0.25, -0.2) is 8.78 Å². The van der Waals surface area contributed by atoms with Gasteiger partial charge in [-0.2, -0.15) is 0 Å². The van der Waals surface area contributed by atoms with Gasteiger partial charge in [0.15, 0.2) is 0 Å². The first-order valence-electron chi connectivity index (χ1n) is 3.42. The van der Waals surface area contributed by atoms with Crippen LogP contribution in [0.15, 0.2) is 12.1 Å². The highest BCUT2D eigenvalue weighted by Gasteiger charge is 2.10. The first-order chi connectivity index (χ1) is 5.52. The average molecular weight is 192 g/mol. The first kappa shape index (κ1) is 9.42.